The van der Waals surface area contributed by atoms with Crippen molar-refractivity contribution in [1.29, 1.82) is 0 Å². The molecule has 1 unspecified atom stereocenters. The summed E-state index contributed by atoms with van der Waals surface area (Å²) in [4.78, 5) is 11.3. The van der Waals surface area contributed by atoms with Gasteiger partial charge in [-0.05, 0) is 5.92 Å². The molecular weight excluding hydrogens is 140 g/mol. The van der Waals surface area contributed by atoms with Gasteiger partial charge >= 0.3 is 0 Å². The van der Waals surface area contributed by atoms with E-state index >= 15 is 0 Å². The summed E-state index contributed by atoms with van der Waals surface area (Å²) in [5.74, 6) is 0.786. The second-order valence-electron chi connectivity index (χ2n) is 3.13. The van der Waals surface area contributed by atoms with Crippen molar-refractivity contribution >= 4 is 5.78 Å². The van der Waals surface area contributed by atoms with Gasteiger partial charge in [0.2, 0.25) is 0 Å². The van der Waals surface area contributed by atoms with E-state index in [-0.39, 0.29) is 5.92 Å². The van der Waals surface area contributed by atoms with E-state index in [0.29, 0.717) is 24.7 Å². The molecule has 0 bridgehead atoms. The summed E-state index contributed by atoms with van der Waals surface area (Å²) < 4.78 is 4.97. The lowest BCUT2D eigenvalue weighted by atomic mass is 9.91. The van der Waals surface area contributed by atoms with Gasteiger partial charge in [0, 0.05) is 19.4 Å². The molecule has 0 spiro atoms. The molecule has 11 heavy (non-hydrogen) atoms. The predicted octanol–water partition coefficient (Wildman–Crippen LogP) is 1.88. The number of rotatable bonds is 5. The summed E-state index contributed by atoms with van der Waals surface area (Å²) in [7, 11) is 1.64. The van der Waals surface area contributed by atoms with E-state index in [1.165, 1.54) is 0 Å². The van der Waals surface area contributed by atoms with Gasteiger partial charge in [0.05, 0.1) is 6.61 Å². The van der Waals surface area contributed by atoms with E-state index in [0.717, 1.165) is 0 Å². The van der Waals surface area contributed by atoms with Crippen molar-refractivity contribution in [2.75, 3.05) is 13.7 Å². The van der Waals surface area contributed by atoms with Crippen LogP contribution in [0.5, 0.6) is 0 Å². The quantitative estimate of drug-likeness (QED) is 0.610. The van der Waals surface area contributed by atoms with Crippen LogP contribution in [0.1, 0.15) is 27.2 Å². The summed E-state index contributed by atoms with van der Waals surface area (Å²) in [5, 5.41) is 0. The predicted molar refractivity (Wildman–Crippen MR) is 45.5 cm³/mol. The maximum Gasteiger partial charge on any atom is 0.138 e. The number of hydrogen-bond acceptors (Lipinski definition) is 2. The van der Waals surface area contributed by atoms with Crippen LogP contribution in [-0.2, 0) is 9.53 Å². The van der Waals surface area contributed by atoms with Gasteiger partial charge in [0.15, 0.2) is 0 Å². The number of hydrogen-bond donors (Lipinski definition) is 0. The molecule has 0 radical (unpaired) electrons. The lowest BCUT2D eigenvalue weighted by Gasteiger charge is -2.17. The van der Waals surface area contributed by atoms with E-state index in [4.69, 9.17) is 4.74 Å². The van der Waals surface area contributed by atoms with Gasteiger partial charge in [-0.1, -0.05) is 20.8 Å². The normalized spacial score (nSPS) is 13.5. The number of methoxy groups -OCH3 is 1. The molecule has 0 heterocycles. The number of carbonyl (C=O) groups excluding carboxylic acids is 1. The third-order valence-corrected chi connectivity index (χ3v) is 1.91. The van der Waals surface area contributed by atoms with Crippen molar-refractivity contribution in [2.45, 2.75) is 27.2 Å². The maximum atomic E-state index is 11.3. The first-order valence-electron chi connectivity index (χ1n) is 4.15. The highest BCUT2D eigenvalue weighted by Gasteiger charge is 2.19. The number of carbonyl (C=O) groups is 1. The molecule has 0 rings (SSSR count). The van der Waals surface area contributed by atoms with Crippen LogP contribution in [0.2, 0.25) is 0 Å². The molecule has 0 aliphatic rings. The van der Waals surface area contributed by atoms with E-state index in [2.05, 4.69) is 13.8 Å². The highest BCUT2D eigenvalue weighted by Crippen LogP contribution is 2.13. The summed E-state index contributed by atoms with van der Waals surface area (Å²) in [5.41, 5.74) is 0. The second kappa shape index (κ2) is 5.30. The Bertz CT molecular complexity index is 119. The zero-order valence-electron chi connectivity index (χ0n) is 7.89. The van der Waals surface area contributed by atoms with E-state index < -0.39 is 0 Å². The number of ether oxygens (including phenoxy) is 1. The van der Waals surface area contributed by atoms with Crippen LogP contribution in [0.15, 0.2) is 0 Å². The van der Waals surface area contributed by atoms with Crippen molar-refractivity contribution < 1.29 is 9.53 Å². The highest BCUT2D eigenvalue weighted by molar-refractivity contribution is 5.81. The Kier molecular flexibility index (Phi) is 5.12. The summed E-state index contributed by atoms with van der Waals surface area (Å²) >= 11 is 0. The van der Waals surface area contributed by atoms with E-state index in [1.807, 2.05) is 6.92 Å². The molecule has 0 aliphatic carbocycles. The average molecular weight is 158 g/mol. The van der Waals surface area contributed by atoms with Crippen LogP contribution in [0.25, 0.3) is 0 Å². The first-order chi connectivity index (χ1) is 5.13. The van der Waals surface area contributed by atoms with Crippen molar-refractivity contribution in [3.05, 3.63) is 0 Å². The fraction of sp³-hybridized carbons (Fsp3) is 0.889. The van der Waals surface area contributed by atoms with Crippen LogP contribution in [0, 0.1) is 11.8 Å². The molecule has 2 heteroatoms. The van der Waals surface area contributed by atoms with Crippen molar-refractivity contribution in [1.82, 2.24) is 0 Å². The van der Waals surface area contributed by atoms with E-state index in [9.17, 15) is 4.79 Å². The maximum absolute atomic E-state index is 11.3. The molecule has 1 atom stereocenters. The number of Topliss-reactive ketones (excluding diaryl/α,β-unsaturated/α-hetero) is 1. The molecule has 0 amide bonds. The lowest BCUT2D eigenvalue weighted by Crippen LogP contribution is -2.24. The largest absolute Gasteiger partial charge is 0.384 e. The first kappa shape index (κ1) is 10.6. The van der Waals surface area contributed by atoms with Crippen LogP contribution in [0.3, 0.4) is 0 Å². The minimum Gasteiger partial charge on any atom is -0.384 e. The van der Waals surface area contributed by atoms with Gasteiger partial charge < -0.3 is 4.74 Å². The third-order valence-electron chi connectivity index (χ3n) is 1.91. The van der Waals surface area contributed by atoms with Gasteiger partial charge in [-0.2, -0.15) is 0 Å². The van der Waals surface area contributed by atoms with Crippen LogP contribution < -0.4 is 0 Å². The lowest BCUT2D eigenvalue weighted by molar-refractivity contribution is -0.125. The average Bonchev–Trinajstić information content (AvgIpc) is 1.98. The Balaban J connectivity index is 3.98. The minimum absolute atomic E-state index is 0.0880. The Hall–Kier alpha value is -0.370. The van der Waals surface area contributed by atoms with Crippen molar-refractivity contribution in [3.8, 4) is 0 Å². The Morgan fingerprint density at radius 2 is 2.00 bits per heavy atom. The molecule has 0 aromatic rings. The standard InChI is InChI=1S/C9H18O2/c1-5-9(10)8(6-11-4)7(2)3/h7-8H,5-6H2,1-4H3. The van der Waals surface area contributed by atoms with Crippen molar-refractivity contribution in [3.63, 3.8) is 0 Å². The molecule has 0 aromatic carbocycles. The van der Waals surface area contributed by atoms with Gasteiger partial charge in [0.1, 0.15) is 5.78 Å². The summed E-state index contributed by atoms with van der Waals surface area (Å²) in [6, 6.07) is 0. The molecule has 0 saturated carbocycles. The Morgan fingerprint density at radius 1 is 1.45 bits per heavy atom. The zero-order chi connectivity index (χ0) is 8.85. The summed E-state index contributed by atoms with van der Waals surface area (Å²) in [6.45, 7) is 6.56. The third kappa shape index (κ3) is 3.51. The van der Waals surface area contributed by atoms with Crippen molar-refractivity contribution in [2.24, 2.45) is 11.8 Å². The molecule has 0 aliphatic heterocycles. The molecule has 66 valence electrons. The van der Waals surface area contributed by atoms with E-state index in [1.54, 1.807) is 7.11 Å². The fourth-order valence-electron chi connectivity index (χ4n) is 1.10. The topological polar surface area (TPSA) is 26.3 Å². The van der Waals surface area contributed by atoms with Gasteiger partial charge in [-0.25, -0.2) is 0 Å². The minimum atomic E-state index is 0.0880. The molecule has 0 fully saturated rings. The van der Waals surface area contributed by atoms with Gasteiger partial charge in [-0.15, -0.1) is 0 Å². The molecule has 0 saturated heterocycles. The summed E-state index contributed by atoms with van der Waals surface area (Å²) in [6.07, 6.45) is 0.617. The van der Waals surface area contributed by atoms with Crippen LogP contribution in [0.4, 0.5) is 0 Å². The zero-order valence-corrected chi connectivity index (χ0v) is 7.89. The SMILES string of the molecule is CCC(=O)C(COC)C(C)C. The number of ketones is 1. The van der Waals surface area contributed by atoms with Gasteiger partial charge in [-0.3, -0.25) is 4.79 Å². The van der Waals surface area contributed by atoms with Crippen LogP contribution >= 0.6 is 0 Å². The van der Waals surface area contributed by atoms with Crippen LogP contribution in [-0.4, -0.2) is 19.5 Å². The Morgan fingerprint density at radius 3 is 2.27 bits per heavy atom. The Labute approximate surface area is 68.9 Å². The molecular formula is C9H18O2. The first-order valence-corrected chi connectivity index (χ1v) is 4.15. The second-order valence-corrected chi connectivity index (χ2v) is 3.13. The smallest absolute Gasteiger partial charge is 0.138 e. The molecule has 0 N–H and O–H groups in total. The fourth-order valence-corrected chi connectivity index (χ4v) is 1.10. The van der Waals surface area contributed by atoms with Gasteiger partial charge in [0.25, 0.3) is 0 Å². The molecule has 2 nitrogen and oxygen atoms in total. The highest BCUT2D eigenvalue weighted by atomic mass is 16.5. The monoisotopic (exact) mass is 158 g/mol. The molecule has 0 aromatic heterocycles.